The van der Waals surface area contributed by atoms with Crippen LogP contribution in [0.3, 0.4) is 0 Å². The molecule has 0 amide bonds. The van der Waals surface area contributed by atoms with E-state index in [1.54, 1.807) is 31.2 Å². The number of hydrogen-bond acceptors (Lipinski definition) is 4. The van der Waals surface area contributed by atoms with E-state index < -0.39 is 6.10 Å². The average Bonchev–Trinajstić information content (AvgIpc) is 2.48. The van der Waals surface area contributed by atoms with Gasteiger partial charge < -0.3 is 15.6 Å². The first-order valence-electron chi connectivity index (χ1n) is 6.26. The van der Waals surface area contributed by atoms with Crippen LogP contribution in [0.5, 0.6) is 5.75 Å². The molecule has 0 bridgehead atoms. The Morgan fingerprint density at radius 3 is 2.70 bits per heavy atom. The number of rotatable bonds is 4. The van der Waals surface area contributed by atoms with Crippen LogP contribution in [0.15, 0.2) is 30.3 Å². The number of methoxy groups -OCH3 is 1. The fraction of sp³-hybridized carbons (Fsp3) is 0.267. The van der Waals surface area contributed by atoms with Crippen LogP contribution in [0.1, 0.15) is 17.4 Å². The first kappa shape index (κ1) is 14.4. The highest BCUT2D eigenvalue weighted by Gasteiger charge is 2.14. The first-order chi connectivity index (χ1) is 9.56. The molecule has 5 heteroatoms. The van der Waals surface area contributed by atoms with Gasteiger partial charge in [0.15, 0.2) is 0 Å². The first-order valence-corrected chi connectivity index (χ1v) is 6.26. The van der Waals surface area contributed by atoms with Crippen molar-refractivity contribution in [1.29, 1.82) is 0 Å². The van der Waals surface area contributed by atoms with Crippen molar-refractivity contribution in [2.24, 2.45) is 5.73 Å². The maximum absolute atomic E-state index is 13.4. The fourth-order valence-electron chi connectivity index (χ4n) is 1.93. The summed E-state index contributed by atoms with van der Waals surface area (Å²) in [5.74, 6) is 0.287. The molecule has 0 aliphatic rings. The van der Waals surface area contributed by atoms with Gasteiger partial charge in [-0.3, -0.25) is 0 Å². The number of nitrogens with zero attached hydrogens (tertiary/aromatic N) is 1. The summed E-state index contributed by atoms with van der Waals surface area (Å²) in [5.41, 5.74) is 7.71. The highest BCUT2D eigenvalue weighted by molar-refractivity contribution is 5.67. The predicted molar refractivity (Wildman–Crippen MR) is 74.9 cm³/mol. The van der Waals surface area contributed by atoms with Crippen LogP contribution >= 0.6 is 0 Å². The number of aromatic nitrogens is 1. The lowest BCUT2D eigenvalue weighted by atomic mass is 10.1. The van der Waals surface area contributed by atoms with Crippen LogP contribution in [-0.4, -0.2) is 23.7 Å². The molecule has 3 N–H and O–H groups in total. The normalized spacial score (nSPS) is 12.2. The van der Waals surface area contributed by atoms with Gasteiger partial charge in [0.25, 0.3) is 0 Å². The van der Waals surface area contributed by atoms with Crippen molar-refractivity contribution in [2.75, 3.05) is 13.7 Å². The van der Waals surface area contributed by atoms with Gasteiger partial charge in [-0.25, -0.2) is 9.37 Å². The molecule has 0 fully saturated rings. The second-order valence-corrected chi connectivity index (χ2v) is 4.50. The van der Waals surface area contributed by atoms with Gasteiger partial charge in [0.05, 0.1) is 12.8 Å². The molecule has 1 heterocycles. The number of benzene rings is 1. The van der Waals surface area contributed by atoms with E-state index in [1.165, 1.54) is 13.2 Å². The summed E-state index contributed by atoms with van der Waals surface area (Å²) >= 11 is 0. The van der Waals surface area contributed by atoms with Gasteiger partial charge in [0, 0.05) is 12.1 Å². The minimum absolute atomic E-state index is 0.0845. The molecule has 0 aliphatic heterocycles. The Bertz CT molecular complexity index is 617. The van der Waals surface area contributed by atoms with Crippen molar-refractivity contribution >= 4 is 0 Å². The minimum Gasteiger partial charge on any atom is -0.494 e. The molecule has 0 saturated carbocycles. The molecule has 0 saturated heterocycles. The summed E-state index contributed by atoms with van der Waals surface area (Å²) in [5, 5.41) is 9.77. The van der Waals surface area contributed by atoms with Crippen LogP contribution in [0, 0.1) is 12.7 Å². The van der Waals surface area contributed by atoms with Crippen molar-refractivity contribution in [2.45, 2.75) is 13.0 Å². The number of halogens is 1. The van der Waals surface area contributed by atoms with Gasteiger partial charge in [0.1, 0.15) is 23.4 Å². The summed E-state index contributed by atoms with van der Waals surface area (Å²) < 4.78 is 18.6. The molecule has 4 nitrogen and oxygen atoms in total. The zero-order chi connectivity index (χ0) is 14.7. The molecule has 106 valence electrons. The van der Waals surface area contributed by atoms with Crippen molar-refractivity contribution in [3.05, 3.63) is 47.4 Å². The largest absolute Gasteiger partial charge is 0.494 e. The molecule has 0 radical (unpaired) electrons. The Kier molecular flexibility index (Phi) is 4.32. The minimum atomic E-state index is -0.832. The van der Waals surface area contributed by atoms with Crippen LogP contribution < -0.4 is 10.5 Å². The van der Waals surface area contributed by atoms with Gasteiger partial charge >= 0.3 is 0 Å². The van der Waals surface area contributed by atoms with Gasteiger partial charge in [-0.05, 0) is 42.8 Å². The van der Waals surface area contributed by atoms with Crippen LogP contribution in [0.4, 0.5) is 4.39 Å². The maximum atomic E-state index is 13.4. The smallest absolute Gasteiger partial charge is 0.145 e. The fourth-order valence-corrected chi connectivity index (χ4v) is 1.93. The molecule has 0 spiro atoms. The second-order valence-electron chi connectivity index (χ2n) is 4.50. The van der Waals surface area contributed by atoms with E-state index in [2.05, 4.69) is 4.98 Å². The molecule has 2 rings (SSSR count). The maximum Gasteiger partial charge on any atom is 0.145 e. The van der Waals surface area contributed by atoms with E-state index in [0.29, 0.717) is 22.7 Å². The number of aliphatic hydroxyl groups excluding tert-OH is 1. The Morgan fingerprint density at radius 2 is 2.10 bits per heavy atom. The van der Waals surface area contributed by atoms with Crippen molar-refractivity contribution in [3.63, 3.8) is 0 Å². The molecule has 1 atom stereocenters. The summed E-state index contributed by atoms with van der Waals surface area (Å²) in [6.07, 6.45) is -0.832. The summed E-state index contributed by atoms with van der Waals surface area (Å²) in [4.78, 5) is 4.38. The van der Waals surface area contributed by atoms with Crippen molar-refractivity contribution < 1.29 is 14.2 Å². The Labute approximate surface area is 117 Å². The van der Waals surface area contributed by atoms with E-state index in [4.69, 9.17) is 10.5 Å². The number of aliphatic hydroxyl groups is 1. The zero-order valence-corrected chi connectivity index (χ0v) is 11.4. The quantitative estimate of drug-likeness (QED) is 0.898. The lowest BCUT2D eigenvalue weighted by molar-refractivity contribution is 0.182. The van der Waals surface area contributed by atoms with E-state index in [0.717, 1.165) is 5.56 Å². The van der Waals surface area contributed by atoms with Gasteiger partial charge in [-0.2, -0.15) is 0 Å². The second kappa shape index (κ2) is 5.98. The number of hydrogen-bond donors (Lipinski definition) is 2. The molecule has 1 aromatic carbocycles. The topological polar surface area (TPSA) is 68.4 Å². The summed E-state index contributed by atoms with van der Waals surface area (Å²) in [6, 6.07) is 8.09. The third-order valence-corrected chi connectivity index (χ3v) is 3.10. The van der Waals surface area contributed by atoms with Gasteiger partial charge in [0.2, 0.25) is 0 Å². The van der Waals surface area contributed by atoms with Crippen LogP contribution in [-0.2, 0) is 0 Å². The van der Waals surface area contributed by atoms with E-state index in [1.807, 2.05) is 0 Å². The average molecular weight is 276 g/mol. The highest BCUT2D eigenvalue weighted by atomic mass is 19.1. The van der Waals surface area contributed by atoms with E-state index in [-0.39, 0.29) is 12.4 Å². The summed E-state index contributed by atoms with van der Waals surface area (Å²) in [6.45, 7) is 1.77. The Hall–Kier alpha value is -1.98. The van der Waals surface area contributed by atoms with Crippen molar-refractivity contribution in [1.82, 2.24) is 4.98 Å². The van der Waals surface area contributed by atoms with E-state index >= 15 is 0 Å². The Balaban J connectivity index is 2.54. The molecule has 20 heavy (non-hydrogen) atoms. The standard InChI is InChI=1S/C15H17FN2O2/c1-9-7-10(3-4-11(9)16)15-14(20-2)6-5-12(18-15)13(19)8-17/h3-7,13,19H,8,17H2,1-2H3. The number of pyridine rings is 1. The number of ether oxygens (including phenoxy) is 1. The van der Waals surface area contributed by atoms with E-state index in [9.17, 15) is 9.50 Å². The molecule has 2 aromatic rings. The van der Waals surface area contributed by atoms with Crippen LogP contribution in [0.25, 0.3) is 11.3 Å². The zero-order valence-electron chi connectivity index (χ0n) is 11.4. The SMILES string of the molecule is COc1ccc(C(O)CN)nc1-c1ccc(F)c(C)c1. The predicted octanol–water partition coefficient (Wildman–Crippen LogP) is 2.20. The summed E-state index contributed by atoms with van der Waals surface area (Å²) in [7, 11) is 1.54. The van der Waals surface area contributed by atoms with Gasteiger partial charge in [-0.15, -0.1) is 0 Å². The number of aryl methyl sites for hydroxylation is 1. The molecule has 1 unspecified atom stereocenters. The molecular weight excluding hydrogens is 259 g/mol. The molecular formula is C15H17FN2O2. The molecule has 1 aromatic heterocycles. The lowest BCUT2D eigenvalue weighted by Crippen LogP contribution is -2.13. The van der Waals surface area contributed by atoms with Crippen LogP contribution in [0.2, 0.25) is 0 Å². The monoisotopic (exact) mass is 276 g/mol. The Morgan fingerprint density at radius 1 is 1.35 bits per heavy atom. The third kappa shape index (κ3) is 2.79. The number of nitrogens with two attached hydrogens (primary N) is 1. The lowest BCUT2D eigenvalue weighted by Gasteiger charge is -2.13. The van der Waals surface area contributed by atoms with Crippen molar-refractivity contribution in [3.8, 4) is 17.0 Å². The highest BCUT2D eigenvalue weighted by Crippen LogP contribution is 2.30. The van der Waals surface area contributed by atoms with Gasteiger partial charge in [-0.1, -0.05) is 0 Å². The molecule has 0 aliphatic carbocycles. The third-order valence-electron chi connectivity index (χ3n) is 3.10.